The molecule has 0 saturated carbocycles. The van der Waals surface area contributed by atoms with Crippen LogP contribution in [0.5, 0.6) is 0 Å². The quantitative estimate of drug-likeness (QED) is 0.507. The second-order valence-electron chi connectivity index (χ2n) is 4.01. The zero-order valence-corrected chi connectivity index (χ0v) is 12.5. The molecule has 0 aromatic heterocycles. The van der Waals surface area contributed by atoms with Gasteiger partial charge in [-0.25, -0.2) is 8.42 Å². The number of hydrogen-bond donors (Lipinski definition) is 1. The van der Waals surface area contributed by atoms with Gasteiger partial charge in [0, 0.05) is 27.3 Å². The molecular weight excluding hydrogens is 256 g/mol. The molecule has 0 aliphatic rings. The summed E-state index contributed by atoms with van der Waals surface area (Å²) >= 11 is 0. The number of rotatable bonds is 12. The number of nitrogens with one attached hydrogen (secondary N) is 1. The summed E-state index contributed by atoms with van der Waals surface area (Å²) in [5.74, 6) is 0.183. The van der Waals surface area contributed by atoms with E-state index in [4.69, 9.17) is 9.47 Å². The fraction of sp³-hybridized carbons (Fsp3) is 1.00. The summed E-state index contributed by atoms with van der Waals surface area (Å²) in [6.45, 7) is 2.41. The third-order valence-electron chi connectivity index (χ3n) is 2.56. The summed E-state index contributed by atoms with van der Waals surface area (Å²) in [6.07, 6.45) is 1.53. The second kappa shape index (κ2) is 10.7. The molecule has 0 bridgehead atoms. The molecule has 6 nitrogen and oxygen atoms in total. The van der Waals surface area contributed by atoms with Crippen molar-refractivity contribution < 1.29 is 17.9 Å². The first-order chi connectivity index (χ1) is 8.58. The predicted octanol–water partition coefficient (Wildman–Crippen LogP) is -0.0894. The first kappa shape index (κ1) is 17.8. The fourth-order valence-corrected chi connectivity index (χ4v) is 3.02. The number of unbranched alkanes of at least 4 members (excludes halogenated alkanes) is 1. The number of nitrogens with zero attached hydrogens (tertiary/aromatic N) is 1. The first-order valence-corrected chi connectivity index (χ1v) is 7.79. The van der Waals surface area contributed by atoms with E-state index >= 15 is 0 Å². The maximum atomic E-state index is 12.1. The van der Waals surface area contributed by atoms with Crippen molar-refractivity contribution in [2.24, 2.45) is 0 Å². The number of ether oxygens (including phenoxy) is 2. The van der Waals surface area contributed by atoms with E-state index in [-0.39, 0.29) is 5.75 Å². The lowest BCUT2D eigenvalue weighted by molar-refractivity contribution is 0.150. The monoisotopic (exact) mass is 282 g/mol. The SMILES string of the molecule is CNCCCCS(=O)(=O)N(CCOC)CCOC. The zero-order valence-electron chi connectivity index (χ0n) is 11.6. The van der Waals surface area contributed by atoms with Crippen molar-refractivity contribution in [2.75, 3.05) is 59.9 Å². The van der Waals surface area contributed by atoms with Gasteiger partial charge >= 0.3 is 0 Å². The topological polar surface area (TPSA) is 67.9 Å². The van der Waals surface area contributed by atoms with E-state index in [9.17, 15) is 8.42 Å². The van der Waals surface area contributed by atoms with Crippen molar-refractivity contribution in [3.8, 4) is 0 Å². The molecule has 0 aliphatic heterocycles. The van der Waals surface area contributed by atoms with E-state index in [1.807, 2.05) is 7.05 Å². The number of hydrogen-bond acceptors (Lipinski definition) is 5. The van der Waals surface area contributed by atoms with Gasteiger partial charge in [0.15, 0.2) is 0 Å². The van der Waals surface area contributed by atoms with Crippen LogP contribution in [-0.4, -0.2) is 72.6 Å². The molecule has 0 heterocycles. The standard InChI is InChI=1S/C11H26N2O4S/c1-12-6-4-5-11-18(14,15)13(7-9-16-2)8-10-17-3/h12H,4-11H2,1-3H3. The summed E-state index contributed by atoms with van der Waals surface area (Å²) < 4.78 is 35.5. The average molecular weight is 282 g/mol. The van der Waals surface area contributed by atoms with Crippen LogP contribution in [-0.2, 0) is 19.5 Å². The summed E-state index contributed by atoms with van der Waals surface area (Å²) in [4.78, 5) is 0. The summed E-state index contributed by atoms with van der Waals surface area (Å²) in [7, 11) is 1.78. The zero-order chi connectivity index (χ0) is 13.9. The molecule has 0 aromatic carbocycles. The van der Waals surface area contributed by atoms with Crippen molar-refractivity contribution in [1.29, 1.82) is 0 Å². The molecule has 0 saturated heterocycles. The highest BCUT2D eigenvalue weighted by molar-refractivity contribution is 7.89. The van der Waals surface area contributed by atoms with Gasteiger partial charge in [-0.1, -0.05) is 0 Å². The molecule has 0 aromatic rings. The van der Waals surface area contributed by atoms with Crippen molar-refractivity contribution in [1.82, 2.24) is 9.62 Å². The second-order valence-corrected chi connectivity index (χ2v) is 6.10. The Hall–Kier alpha value is -0.210. The van der Waals surface area contributed by atoms with Gasteiger partial charge in [0.1, 0.15) is 0 Å². The number of methoxy groups -OCH3 is 2. The molecule has 0 atom stereocenters. The molecule has 0 amide bonds. The Kier molecular flexibility index (Phi) is 10.6. The van der Waals surface area contributed by atoms with Crippen molar-refractivity contribution in [2.45, 2.75) is 12.8 Å². The molecule has 7 heteroatoms. The molecular formula is C11H26N2O4S. The van der Waals surface area contributed by atoms with Crippen molar-refractivity contribution in [3.63, 3.8) is 0 Å². The number of sulfonamides is 1. The molecule has 0 radical (unpaired) electrons. The highest BCUT2D eigenvalue weighted by Crippen LogP contribution is 2.05. The van der Waals surface area contributed by atoms with Gasteiger partial charge in [-0.05, 0) is 26.4 Å². The first-order valence-electron chi connectivity index (χ1n) is 6.18. The van der Waals surface area contributed by atoms with Crippen molar-refractivity contribution >= 4 is 10.0 Å². The van der Waals surface area contributed by atoms with Gasteiger partial charge in [0.2, 0.25) is 10.0 Å². The summed E-state index contributed by atoms with van der Waals surface area (Å²) in [5, 5.41) is 3.00. The van der Waals surface area contributed by atoms with Crippen LogP contribution >= 0.6 is 0 Å². The normalized spacial score (nSPS) is 12.2. The molecule has 0 unspecified atom stereocenters. The molecule has 18 heavy (non-hydrogen) atoms. The van der Waals surface area contributed by atoms with E-state index in [1.54, 1.807) is 14.2 Å². The molecule has 110 valence electrons. The van der Waals surface area contributed by atoms with Crippen molar-refractivity contribution in [3.05, 3.63) is 0 Å². The third kappa shape index (κ3) is 7.99. The minimum Gasteiger partial charge on any atom is -0.383 e. The largest absolute Gasteiger partial charge is 0.383 e. The maximum absolute atomic E-state index is 12.1. The smallest absolute Gasteiger partial charge is 0.214 e. The summed E-state index contributed by atoms with van der Waals surface area (Å²) in [5.41, 5.74) is 0. The van der Waals surface area contributed by atoms with Gasteiger partial charge in [-0.3, -0.25) is 0 Å². The molecule has 0 rings (SSSR count). The van der Waals surface area contributed by atoms with Crippen LogP contribution in [0.25, 0.3) is 0 Å². The van der Waals surface area contributed by atoms with E-state index in [0.717, 1.165) is 13.0 Å². The molecule has 0 fully saturated rings. The minimum atomic E-state index is -3.20. The van der Waals surface area contributed by atoms with E-state index in [2.05, 4.69) is 5.32 Å². The Morgan fingerprint density at radius 3 is 2.06 bits per heavy atom. The van der Waals surface area contributed by atoms with Gasteiger partial charge in [0.05, 0.1) is 19.0 Å². The van der Waals surface area contributed by atoms with Crippen LogP contribution in [0.15, 0.2) is 0 Å². The predicted molar refractivity (Wildman–Crippen MR) is 72.3 cm³/mol. The van der Waals surface area contributed by atoms with Gasteiger partial charge in [-0.15, -0.1) is 0 Å². The van der Waals surface area contributed by atoms with Crippen LogP contribution < -0.4 is 5.32 Å². The molecule has 0 spiro atoms. The fourth-order valence-electron chi connectivity index (χ4n) is 1.49. The van der Waals surface area contributed by atoms with Gasteiger partial charge in [-0.2, -0.15) is 4.31 Å². The molecule has 1 N–H and O–H groups in total. The minimum absolute atomic E-state index is 0.183. The van der Waals surface area contributed by atoms with Crippen LogP contribution in [0, 0.1) is 0 Å². The lowest BCUT2D eigenvalue weighted by Crippen LogP contribution is -2.38. The molecule has 0 aliphatic carbocycles. The van der Waals surface area contributed by atoms with Crippen LogP contribution in [0.1, 0.15) is 12.8 Å². The lowest BCUT2D eigenvalue weighted by atomic mass is 10.3. The highest BCUT2D eigenvalue weighted by Gasteiger charge is 2.20. The summed E-state index contributed by atoms with van der Waals surface area (Å²) in [6, 6.07) is 0. The van der Waals surface area contributed by atoms with E-state index < -0.39 is 10.0 Å². The lowest BCUT2D eigenvalue weighted by Gasteiger charge is -2.21. The van der Waals surface area contributed by atoms with Gasteiger partial charge < -0.3 is 14.8 Å². The van der Waals surface area contributed by atoms with E-state index in [0.29, 0.717) is 32.7 Å². The Labute approximate surface area is 111 Å². The van der Waals surface area contributed by atoms with Gasteiger partial charge in [0.25, 0.3) is 0 Å². The van der Waals surface area contributed by atoms with E-state index in [1.165, 1.54) is 4.31 Å². The van der Waals surface area contributed by atoms with Crippen LogP contribution in [0.4, 0.5) is 0 Å². The van der Waals surface area contributed by atoms with Crippen LogP contribution in [0.3, 0.4) is 0 Å². The Morgan fingerprint density at radius 1 is 1.06 bits per heavy atom. The average Bonchev–Trinajstić information content (AvgIpc) is 2.34. The van der Waals surface area contributed by atoms with Crippen LogP contribution in [0.2, 0.25) is 0 Å². The Bertz CT molecular complexity index is 275. The Morgan fingerprint density at radius 2 is 1.61 bits per heavy atom. The maximum Gasteiger partial charge on any atom is 0.214 e. The highest BCUT2D eigenvalue weighted by atomic mass is 32.2. The third-order valence-corrected chi connectivity index (χ3v) is 4.52. The Balaban J connectivity index is 4.24.